The van der Waals surface area contributed by atoms with Crippen molar-refractivity contribution in [3.05, 3.63) is 54.1 Å². The van der Waals surface area contributed by atoms with E-state index in [0.29, 0.717) is 35.9 Å². The fourth-order valence-electron chi connectivity index (χ4n) is 2.98. The number of amides is 3. The second kappa shape index (κ2) is 12.2. The fourth-order valence-corrected chi connectivity index (χ4v) is 2.98. The van der Waals surface area contributed by atoms with E-state index in [-0.39, 0.29) is 18.6 Å². The lowest BCUT2D eigenvalue weighted by Gasteiger charge is -2.09. The van der Waals surface area contributed by atoms with Crippen LogP contribution in [0.4, 0.5) is 5.69 Å². The smallest absolute Gasteiger partial charge is 0.329 e. The summed E-state index contributed by atoms with van der Waals surface area (Å²) in [4.78, 5) is 35.5. The van der Waals surface area contributed by atoms with Gasteiger partial charge in [-0.15, -0.1) is 0 Å². The first-order valence-electron chi connectivity index (χ1n) is 10.4. The third kappa shape index (κ3) is 7.93. The van der Waals surface area contributed by atoms with Crippen LogP contribution in [-0.2, 0) is 19.1 Å². The predicted molar refractivity (Wildman–Crippen MR) is 121 cm³/mol. The number of nitrogens with one attached hydrogen (secondary N) is 3. The van der Waals surface area contributed by atoms with E-state index in [1.54, 1.807) is 55.6 Å². The van der Waals surface area contributed by atoms with E-state index in [0.717, 1.165) is 12.8 Å². The molecule has 1 fully saturated rings. The summed E-state index contributed by atoms with van der Waals surface area (Å²) >= 11 is 0. The van der Waals surface area contributed by atoms with Gasteiger partial charge < -0.3 is 24.8 Å². The maximum atomic E-state index is 12.0. The molecule has 0 aromatic heterocycles. The molecule has 3 rings (SSSR count). The Hall–Kier alpha value is -3.92. The van der Waals surface area contributed by atoms with Crippen molar-refractivity contribution in [1.29, 1.82) is 0 Å². The molecule has 0 radical (unpaired) electrons. The maximum absolute atomic E-state index is 12.0. The average molecular weight is 454 g/mol. The van der Waals surface area contributed by atoms with Gasteiger partial charge in [0.2, 0.25) is 0 Å². The van der Waals surface area contributed by atoms with Crippen LogP contribution in [0.15, 0.2) is 53.6 Å². The van der Waals surface area contributed by atoms with Crippen molar-refractivity contribution in [2.45, 2.75) is 18.9 Å². The Morgan fingerprint density at radius 2 is 1.79 bits per heavy atom. The molecule has 3 N–H and O–H groups in total. The Balaban J connectivity index is 1.37. The number of carbonyl (C=O) groups excluding carboxylic acids is 3. The summed E-state index contributed by atoms with van der Waals surface area (Å²) in [6, 6.07) is 13.7. The number of hydrogen-bond donors (Lipinski definition) is 3. The van der Waals surface area contributed by atoms with Crippen molar-refractivity contribution in [1.82, 2.24) is 10.7 Å². The van der Waals surface area contributed by atoms with Crippen molar-refractivity contribution in [3.8, 4) is 11.5 Å². The lowest BCUT2D eigenvalue weighted by molar-refractivity contribution is -0.139. The Morgan fingerprint density at radius 3 is 2.45 bits per heavy atom. The minimum absolute atomic E-state index is 0.0421. The average Bonchev–Trinajstić information content (AvgIpc) is 3.36. The number of methoxy groups -OCH3 is 1. The molecule has 1 saturated heterocycles. The number of hydrogen-bond acceptors (Lipinski definition) is 7. The van der Waals surface area contributed by atoms with Crippen LogP contribution < -0.4 is 25.5 Å². The molecule has 2 aromatic carbocycles. The number of hydrazone groups is 1. The van der Waals surface area contributed by atoms with Crippen molar-refractivity contribution in [2.24, 2.45) is 5.10 Å². The summed E-state index contributed by atoms with van der Waals surface area (Å²) in [5.41, 5.74) is 3.49. The Morgan fingerprint density at radius 1 is 1.06 bits per heavy atom. The highest BCUT2D eigenvalue weighted by atomic mass is 16.5. The summed E-state index contributed by atoms with van der Waals surface area (Å²) in [5, 5.41) is 9.02. The first-order chi connectivity index (χ1) is 16.0. The van der Waals surface area contributed by atoms with E-state index in [9.17, 15) is 14.4 Å². The van der Waals surface area contributed by atoms with Crippen molar-refractivity contribution >= 4 is 29.6 Å². The van der Waals surface area contributed by atoms with E-state index < -0.39 is 11.8 Å². The third-order valence-electron chi connectivity index (χ3n) is 4.72. The van der Waals surface area contributed by atoms with E-state index in [1.165, 1.54) is 6.21 Å². The quantitative estimate of drug-likeness (QED) is 0.299. The number of rotatable bonds is 9. The van der Waals surface area contributed by atoms with Crippen molar-refractivity contribution in [2.75, 3.05) is 32.2 Å². The third-order valence-corrected chi connectivity index (χ3v) is 4.72. The normalized spacial score (nSPS) is 15.1. The highest BCUT2D eigenvalue weighted by molar-refractivity contribution is 6.35. The van der Waals surface area contributed by atoms with Crippen molar-refractivity contribution in [3.63, 3.8) is 0 Å². The van der Waals surface area contributed by atoms with E-state index in [2.05, 4.69) is 21.2 Å². The molecule has 0 spiro atoms. The van der Waals surface area contributed by atoms with Crippen LogP contribution >= 0.6 is 0 Å². The van der Waals surface area contributed by atoms with Gasteiger partial charge in [0.05, 0.1) is 19.4 Å². The van der Waals surface area contributed by atoms with Crippen molar-refractivity contribution < 1.29 is 28.6 Å². The molecule has 2 aromatic rings. The minimum atomic E-state index is -0.855. The summed E-state index contributed by atoms with van der Waals surface area (Å²) in [6.45, 7) is 0.823. The first-order valence-corrected chi connectivity index (χ1v) is 10.4. The molecule has 174 valence electrons. The van der Waals surface area contributed by atoms with Gasteiger partial charge in [-0.05, 0) is 66.9 Å². The van der Waals surface area contributed by atoms with Gasteiger partial charge in [0.1, 0.15) is 11.5 Å². The van der Waals surface area contributed by atoms with E-state index >= 15 is 0 Å². The van der Waals surface area contributed by atoms with Crippen LogP contribution in [-0.4, -0.2) is 56.9 Å². The first kappa shape index (κ1) is 23.7. The lowest BCUT2D eigenvalue weighted by atomic mass is 10.2. The zero-order chi connectivity index (χ0) is 23.5. The van der Waals surface area contributed by atoms with Crippen LogP contribution in [0.1, 0.15) is 18.4 Å². The van der Waals surface area contributed by atoms with Gasteiger partial charge in [0, 0.05) is 18.8 Å². The molecule has 10 heteroatoms. The van der Waals surface area contributed by atoms with Crippen LogP contribution in [0, 0.1) is 0 Å². The molecule has 0 unspecified atom stereocenters. The minimum Gasteiger partial charge on any atom is -0.497 e. The van der Waals surface area contributed by atoms with Gasteiger partial charge in [-0.3, -0.25) is 14.4 Å². The lowest BCUT2D eigenvalue weighted by Crippen LogP contribution is -2.41. The molecule has 1 heterocycles. The molecule has 1 aliphatic rings. The summed E-state index contributed by atoms with van der Waals surface area (Å²) < 4.78 is 15.9. The molecule has 0 bridgehead atoms. The molecular weight excluding hydrogens is 428 g/mol. The van der Waals surface area contributed by atoms with Gasteiger partial charge in [0.15, 0.2) is 6.61 Å². The molecule has 10 nitrogen and oxygen atoms in total. The highest BCUT2D eigenvalue weighted by Crippen LogP contribution is 2.15. The monoisotopic (exact) mass is 454 g/mol. The summed E-state index contributed by atoms with van der Waals surface area (Å²) in [5.74, 6) is -0.725. The van der Waals surface area contributed by atoms with Gasteiger partial charge in [-0.25, -0.2) is 5.43 Å². The van der Waals surface area contributed by atoms with Crippen LogP contribution in [0.2, 0.25) is 0 Å². The standard InChI is InChI=1S/C23H26N4O6/c1-31-18-10-6-17(7-11-18)26-21(28)15-33-19-8-4-16(5-9-19)13-25-27-23(30)22(29)24-14-20-3-2-12-32-20/h4-11,13,20H,2-3,12,14-15H2,1H3,(H,24,29)(H,26,28)(H,27,30)/b25-13-/t20-/m0/s1. The Labute approximate surface area is 191 Å². The molecule has 1 aliphatic heterocycles. The zero-order valence-corrected chi connectivity index (χ0v) is 18.2. The Kier molecular flexibility index (Phi) is 8.78. The second-order valence-corrected chi connectivity index (χ2v) is 7.18. The SMILES string of the molecule is COc1ccc(NC(=O)COc2ccc(/C=N\NC(=O)C(=O)NC[C@@H]3CCCO3)cc2)cc1. The second-order valence-electron chi connectivity index (χ2n) is 7.18. The number of nitrogens with zero attached hydrogens (tertiary/aromatic N) is 1. The number of ether oxygens (including phenoxy) is 3. The van der Waals surface area contributed by atoms with Gasteiger partial charge in [-0.1, -0.05) is 0 Å². The van der Waals surface area contributed by atoms with Gasteiger partial charge in [-0.2, -0.15) is 5.10 Å². The molecule has 1 atom stereocenters. The zero-order valence-electron chi connectivity index (χ0n) is 18.2. The van der Waals surface area contributed by atoms with Gasteiger partial charge in [0.25, 0.3) is 5.91 Å². The highest BCUT2D eigenvalue weighted by Gasteiger charge is 2.18. The molecule has 0 aliphatic carbocycles. The van der Waals surface area contributed by atoms with Gasteiger partial charge >= 0.3 is 11.8 Å². The fraction of sp³-hybridized carbons (Fsp3) is 0.304. The largest absolute Gasteiger partial charge is 0.497 e. The molecule has 3 amide bonds. The topological polar surface area (TPSA) is 127 Å². The maximum Gasteiger partial charge on any atom is 0.329 e. The molecular formula is C23H26N4O6. The summed E-state index contributed by atoms with van der Waals surface area (Å²) in [6.07, 6.45) is 3.18. The Bertz CT molecular complexity index is 969. The number of benzene rings is 2. The van der Waals surface area contributed by atoms with Crippen LogP contribution in [0.25, 0.3) is 0 Å². The molecule has 33 heavy (non-hydrogen) atoms. The predicted octanol–water partition coefficient (Wildman–Crippen LogP) is 1.46. The van der Waals surface area contributed by atoms with Crippen LogP contribution in [0.3, 0.4) is 0 Å². The summed E-state index contributed by atoms with van der Waals surface area (Å²) in [7, 11) is 1.57. The number of carbonyl (C=O) groups is 3. The van der Waals surface area contributed by atoms with E-state index in [4.69, 9.17) is 14.2 Å². The van der Waals surface area contributed by atoms with E-state index in [1.807, 2.05) is 0 Å². The number of anilines is 1. The van der Waals surface area contributed by atoms with Crippen LogP contribution in [0.5, 0.6) is 11.5 Å². The molecule has 0 saturated carbocycles.